The number of nitrogens with one attached hydrogen (secondary N) is 1. The van der Waals surface area contributed by atoms with E-state index >= 15 is 0 Å². The van der Waals surface area contributed by atoms with E-state index in [2.05, 4.69) is 5.29 Å². The highest BCUT2D eigenvalue weighted by atomic mass is 16.4. The van der Waals surface area contributed by atoms with Gasteiger partial charge in [0.25, 0.3) is 0 Å². The van der Waals surface area contributed by atoms with Crippen LogP contribution in [0.5, 0.6) is 0 Å². The number of aliphatic carboxylic acids is 1. The molecule has 0 radical (unpaired) electrons. The van der Waals surface area contributed by atoms with Crippen molar-refractivity contribution in [2.75, 3.05) is 0 Å². The lowest BCUT2D eigenvalue weighted by Crippen LogP contribution is -2.41. The Bertz CT molecular complexity index is 135. The van der Waals surface area contributed by atoms with E-state index in [-0.39, 0.29) is 0 Å². The van der Waals surface area contributed by atoms with Crippen LogP contribution >= 0.6 is 0 Å². The number of nitrogens with zero attached hydrogens (tertiary/aromatic N) is 1. The van der Waals surface area contributed by atoms with Gasteiger partial charge in [-0.15, -0.1) is 4.91 Å². The van der Waals surface area contributed by atoms with Gasteiger partial charge in [-0.25, -0.2) is 4.79 Å². The zero-order chi connectivity index (χ0) is 8.15. The molecule has 0 saturated carbocycles. The lowest BCUT2D eigenvalue weighted by Gasteiger charge is -2.11. The van der Waals surface area contributed by atoms with Gasteiger partial charge >= 0.3 is 5.97 Å². The Balaban J connectivity index is 3.97. The summed E-state index contributed by atoms with van der Waals surface area (Å²) >= 11 is 0. The van der Waals surface area contributed by atoms with Crippen LogP contribution in [0, 0.1) is 4.91 Å². The van der Waals surface area contributed by atoms with Crippen molar-refractivity contribution in [1.29, 1.82) is 0 Å². The second kappa shape index (κ2) is 3.78. The van der Waals surface area contributed by atoms with E-state index in [1.54, 1.807) is 5.43 Å². The normalized spacial score (nSPS) is 15.4. The first-order valence-corrected chi connectivity index (χ1v) is 2.58. The topological polar surface area (TPSA) is 99.0 Å². The van der Waals surface area contributed by atoms with Crippen LogP contribution in [-0.2, 0) is 4.79 Å². The van der Waals surface area contributed by atoms with Gasteiger partial charge in [0.15, 0.2) is 6.04 Å². The predicted molar refractivity (Wildman–Crippen MR) is 32.0 cm³/mol. The molecule has 0 bridgehead atoms. The molecule has 2 atom stereocenters. The minimum atomic E-state index is -1.32. The zero-order valence-corrected chi connectivity index (χ0v) is 5.31. The molecule has 0 aliphatic heterocycles. The Hall–Kier alpha value is -1.17. The molecule has 0 aromatic heterocycles. The van der Waals surface area contributed by atoms with Crippen molar-refractivity contribution < 1.29 is 15.0 Å². The molecule has 0 saturated heterocycles. The minimum absolute atomic E-state index is 1.14. The number of aliphatic hydroxyl groups excluding tert-OH is 1. The summed E-state index contributed by atoms with van der Waals surface area (Å²) in [5.41, 5.74) is 1.70. The van der Waals surface area contributed by atoms with Gasteiger partial charge in [0.2, 0.25) is 0 Å². The summed E-state index contributed by atoms with van der Waals surface area (Å²) in [6.07, 6.45) is -1.14. The lowest BCUT2D eigenvalue weighted by molar-refractivity contribution is -0.142. The van der Waals surface area contributed by atoms with Gasteiger partial charge in [0.1, 0.15) is 0 Å². The van der Waals surface area contributed by atoms with Crippen LogP contribution in [0.1, 0.15) is 6.92 Å². The maximum atomic E-state index is 10.1. The average Bonchev–Trinajstić information content (AvgIpc) is 1.81. The molecule has 0 aliphatic rings. The molecule has 6 heteroatoms. The summed E-state index contributed by atoms with van der Waals surface area (Å²) in [5.74, 6) is -1.31. The third-order valence-electron chi connectivity index (χ3n) is 0.940. The average molecular weight is 148 g/mol. The Kier molecular flexibility index (Phi) is 3.34. The summed E-state index contributed by atoms with van der Waals surface area (Å²) in [5, 5.41) is 19.1. The molecule has 0 rings (SSSR count). The van der Waals surface area contributed by atoms with Gasteiger partial charge in [-0.2, -0.15) is 0 Å². The van der Waals surface area contributed by atoms with Crippen LogP contribution in [0.4, 0.5) is 0 Å². The van der Waals surface area contributed by atoms with E-state index in [1.807, 2.05) is 0 Å². The summed E-state index contributed by atoms with van der Waals surface area (Å²) < 4.78 is 0. The Morgan fingerprint density at radius 2 is 2.20 bits per heavy atom. The molecule has 0 heterocycles. The maximum Gasteiger partial charge on any atom is 0.330 e. The van der Waals surface area contributed by atoms with E-state index in [9.17, 15) is 9.70 Å². The number of hydrogen-bond donors (Lipinski definition) is 3. The van der Waals surface area contributed by atoms with Crippen LogP contribution in [0.25, 0.3) is 0 Å². The number of aliphatic hydroxyl groups is 1. The molecule has 0 aliphatic carbocycles. The van der Waals surface area contributed by atoms with Crippen molar-refractivity contribution in [3.05, 3.63) is 4.91 Å². The van der Waals surface area contributed by atoms with Crippen LogP contribution in [0.2, 0.25) is 0 Å². The highest BCUT2D eigenvalue weighted by Gasteiger charge is 2.22. The fourth-order valence-corrected chi connectivity index (χ4v) is 0.426. The summed E-state index contributed by atoms with van der Waals surface area (Å²) in [6, 6.07) is -1.32. The standard InChI is InChI=1S/C4H8N2O4/c1-2(7)3(4(8)9)5-6-10/h2-3,7H,1H3,(H,5,10)(H,8,9). The largest absolute Gasteiger partial charge is 0.480 e. The second-order valence-electron chi connectivity index (χ2n) is 1.78. The number of carboxylic acids is 1. The number of nitroso groups, excluding NO2 is 1. The summed E-state index contributed by atoms with van der Waals surface area (Å²) in [6.45, 7) is 1.25. The molecular formula is C4H8N2O4. The smallest absolute Gasteiger partial charge is 0.330 e. The van der Waals surface area contributed by atoms with Gasteiger partial charge in [-0.3, -0.25) is 5.43 Å². The van der Waals surface area contributed by atoms with Gasteiger partial charge in [-0.1, -0.05) is 0 Å². The number of carbonyl (C=O) groups is 1. The van der Waals surface area contributed by atoms with E-state index in [1.165, 1.54) is 6.92 Å². The van der Waals surface area contributed by atoms with Crippen molar-refractivity contribution in [1.82, 2.24) is 5.43 Å². The van der Waals surface area contributed by atoms with Gasteiger partial charge in [-0.05, 0) is 6.92 Å². The van der Waals surface area contributed by atoms with Crippen LogP contribution in [0.15, 0.2) is 5.29 Å². The fourth-order valence-electron chi connectivity index (χ4n) is 0.426. The number of carboxylic acid groups (broad SMARTS) is 1. The van der Waals surface area contributed by atoms with Gasteiger partial charge in [0.05, 0.1) is 11.4 Å². The fraction of sp³-hybridized carbons (Fsp3) is 0.750. The third kappa shape index (κ3) is 2.40. The van der Waals surface area contributed by atoms with Crippen molar-refractivity contribution in [3.8, 4) is 0 Å². The van der Waals surface area contributed by atoms with Crippen LogP contribution in [0.3, 0.4) is 0 Å². The molecule has 0 aromatic rings. The van der Waals surface area contributed by atoms with Gasteiger partial charge < -0.3 is 10.2 Å². The third-order valence-corrected chi connectivity index (χ3v) is 0.940. The number of hydrogen-bond acceptors (Lipinski definition) is 4. The Labute approximate surface area is 56.8 Å². The summed E-state index contributed by atoms with van der Waals surface area (Å²) in [4.78, 5) is 19.6. The molecule has 2 unspecified atom stereocenters. The van der Waals surface area contributed by atoms with E-state index in [0.717, 1.165) is 0 Å². The predicted octanol–water partition coefficient (Wildman–Crippen LogP) is -0.909. The molecule has 3 N–H and O–H groups in total. The Morgan fingerprint density at radius 1 is 1.70 bits per heavy atom. The van der Waals surface area contributed by atoms with E-state index < -0.39 is 18.1 Å². The minimum Gasteiger partial charge on any atom is -0.480 e. The van der Waals surface area contributed by atoms with Crippen molar-refractivity contribution in [3.63, 3.8) is 0 Å². The summed E-state index contributed by atoms with van der Waals surface area (Å²) in [7, 11) is 0. The van der Waals surface area contributed by atoms with E-state index in [0.29, 0.717) is 0 Å². The first-order valence-electron chi connectivity index (χ1n) is 2.58. The van der Waals surface area contributed by atoms with Crippen molar-refractivity contribution in [2.45, 2.75) is 19.1 Å². The highest BCUT2D eigenvalue weighted by Crippen LogP contribution is 1.91. The molecule has 0 amide bonds. The molecule has 0 fully saturated rings. The first-order chi connectivity index (χ1) is 4.59. The molecule has 10 heavy (non-hydrogen) atoms. The highest BCUT2D eigenvalue weighted by molar-refractivity contribution is 5.74. The Morgan fingerprint density at radius 3 is 2.30 bits per heavy atom. The van der Waals surface area contributed by atoms with Crippen molar-refractivity contribution in [2.24, 2.45) is 5.29 Å². The van der Waals surface area contributed by atoms with Crippen molar-refractivity contribution >= 4 is 5.97 Å². The van der Waals surface area contributed by atoms with Crippen LogP contribution < -0.4 is 5.43 Å². The number of rotatable bonds is 4. The molecule has 0 spiro atoms. The molecule has 6 nitrogen and oxygen atoms in total. The lowest BCUT2D eigenvalue weighted by atomic mass is 10.2. The van der Waals surface area contributed by atoms with Crippen LogP contribution in [-0.4, -0.2) is 28.3 Å². The second-order valence-corrected chi connectivity index (χ2v) is 1.78. The molecule has 58 valence electrons. The maximum absolute atomic E-state index is 10.1. The first kappa shape index (κ1) is 8.83. The quantitative estimate of drug-likeness (QED) is 0.354. The van der Waals surface area contributed by atoms with E-state index in [4.69, 9.17) is 10.2 Å². The molecular weight excluding hydrogens is 140 g/mol. The van der Waals surface area contributed by atoms with Gasteiger partial charge in [0, 0.05) is 0 Å². The zero-order valence-electron chi connectivity index (χ0n) is 5.31. The monoisotopic (exact) mass is 148 g/mol. The molecule has 0 aromatic carbocycles. The SMILES string of the molecule is CC(O)C(NN=O)C(=O)O.